The largest absolute Gasteiger partial charge is 0.478 e. The number of amides is 1. The van der Waals surface area contributed by atoms with E-state index in [9.17, 15) is 9.59 Å². The summed E-state index contributed by atoms with van der Waals surface area (Å²) in [5.74, 6) is -1.63. The number of aromatic carboxylic acids is 1. The number of carboxylic acid groups (broad SMARTS) is 1. The van der Waals surface area contributed by atoms with Crippen LogP contribution >= 0.6 is 0 Å². The van der Waals surface area contributed by atoms with E-state index in [2.05, 4.69) is 10.4 Å². The van der Waals surface area contributed by atoms with Crippen molar-refractivity contribution in [3.8, 4) is 0 Å². The van der Waals surface area contributed by atoms with E-state index in [1.54, 1.807) is 10.9 Å². The third-order valence-electron chi connectivity index (χ3n) is 3.16. The minimum atomic E-state index is -1.14. The van der Waals surface area contributed by atoms with Crippen LogP contribution in [0, 0.1) is 6.92 Å². The number of carboxylic acids is 1. The molecule has 0 saturated carbocycles. The molecule has 2 N–H and O–H groups in total. The van der Waals surface area contributed by atoms with Crippen LogP contribution in [0.15, 0.2) is 22.9 Å². The fourth-order valence-electron chi connectivity index (χ4n) is 1.85. The number of furan rings is 1. The van der Waals surface area contributed by atoms with Crippen LogP contribution in [0.25, 0.3) is 0 Å². The van der Waals surface area contributed by atoms with Gasteiger partial charge >= 0.3 is 5.97 Å². The smallest absolute Gasteiger partial charge is 0.338 e. The molecule has 1 atom stereocenters. The van der Waals surface area contributed by atoms with Crippen molar-refractivity contribution in [1.29, 1.82) is 0 Å². The second kappa shape index (κ2) is 5.20. The summed E-state index contributed by atoms with van der Waals surface area (Å²) in [6.07, 6.45) is 2.72. The third-order valence-corrected chi connectivity index (χ3v) is 3.16. The molecule has 2 aromatic heterocycles. The number of aromatic nitrogens is 2. The first kappa shape index (κ1) is 13.9. The topological polar surface area (TPSA) is 97.4 Å². The van der Waals surface area contributed by atoms with E-state index in [-0.39, 0.29) is 17.4 Å². The number of carbonyl (C=O) groups excluding carboxylic acids is 1. The number of carbonyl (C=O) groups is 2. The first-order valence-corrected chi connectivity index (χ1v) is 6.01. The molecule has 0 aliphatic rings. The van der Waals surface area contributed by atoms with Gasteiger partial charge in [-0.05, 0) is 13.8 Å². The zero-order valence-electron chi connectivity index (χ0n) is 11.4. The summed E-state index contributed by atoms with van der Waals surface area (Å²) in [6.45, 7) is 3.73. The number of hydrogen-bond acceptors (Lipinski definition) is 4. The Kier molecular flexibility index (Phi) is 3.60. The molecular formula is C13H15N3O4. The quantitative estimate of drug-likeness (QED) is 0.882. The molecule has 1 amide bonds. The molecule has 0 bridgehead atoms. The average molecular weight is 277 g/mol. The van der Waals surface area contributed by atoms with Gasteiger partial charge in [-0.25, -0.2) is 4.79 Å². The molecule has 7 heteroatoms. The highest BCUT2D eigenvalue weighted by Gasteiger charge is 2.19. The van der Waals surface area contributed by atoms with Crippen LogP contribution in [0.3, 0.4) is 0 Å². The Morgan fingerprint density at radius 2 is 2.20 bits per heavy atom. The van der Waals surface area contributed by atoms with E-state index < -0.39 is 11.9 Å². The fourth-order valence-corrected chi connectivity index (χ4v) is 1.85. The van der Waals surface area contributed by atoms with Gasteiger partial charge in [0.2, 0.25) is 0 Å². The van der Waals surface area contributed by atoms with E-state index in [0.717, 1.165) is 17.5 Å². The van der Waals surface area contributed by atoms with E-state index in [0.29, 0.717) is 0 Å². The van der Waals surface area contributed by atoms with Crippen molar-refractivity contribution in [2.45, 2.75) is 19.9 Å². The summed E-state index contributed by atoms with van der Waals surface area (Å²) in [4.78, 5) is 22.7. The van der Waals surface area contributed by atoms with Gasteiger partial charge in [0, 0.05) is 24.4 Å². The molecule has 0 aliphatic carbocycles. The normalized spacial score (nSPS) is 12.2. The maximum Gasteiger partial charge on any atom is 0.338 e. The van der Waals surface area contributed by atoms with Crippen LogP contribution < -0.4 is 5.32 Å². The SMILES string of the molecule is Cc1c(C(C)NC(=O)c2cc(C(=O)O)co2)cnn1C. The summed E-state index contributed by atoms with van der Waals surface area (Å²) in [7, 11) is 1.82. The summed E-state index contributed by atoms with van der Waals surface area (Å²) in [6, 6.07) is 0.940. The van der Waals surface area contributed by atoms with Crippen molar-refractivity contribution in [3.05, 3.63) is 41.1 Å². The molecule has 7 nitrogen and oxygen atoms in total. The molecule has 0 spiro atoms. The van der Waals surface area contributed by atoms with Crippen LogP contribution in [0.4, 0.5) is 0 Å². The van der Waals surface area contributed by atoms with Crippen molar-refractivity contribution < 1.29 is 19.1 Å². The van der Waals surface area contributed by atoms with Crippen molar-refractivity contribution in [2.24, 2.45) is 7.05 Å². The van der Waals surface area contributed by atoms with Gasteiger partial charge in [0.05, 0.1) is 17.8 Å². The molecule has 106 valence electrons. The van der Waals surface area contributed by atoms with Gasteiger partial charge < -0.3 is 14.8 Å². The summed E-state index contributed by atoms with van der Waals surface area (Å²) < 4.78 is 6.66. The molecule has 0 aliphatic heterocycles. The maximum atomic E-state index is 12.0. The number of nitrogens with zero attached hydrogens (tertiary/aromatic N) is 2. The van der Waals surface area contributed by atoms with Crippen LogP contribution in [0.1, 0.15) is 45.1 Å². The highest BCUT2D eigenvalue weighted by molar-refractivity contribution is 5.95. The predicted molar refractivity (Wildman–Crippen MR) is 69.5 cm³/mol. The number of rotatable bonds is 4. The monoisotopic (exact) mass is 277 g/mol. The Bertz CT molecular complexity index is 656. The van der Waals surface area contributed by atoms with Crippen LogP contribution in [0.2, 0.25) is 0 Å². The lowest BCUT2D eigenvalue weighted by atomic mass is 10.1. The predicted octanol–water partition coefficient (Wildman–Crippen LogP) is 1.51. The minimum absolute atomic E-state index is 0.0317. The molecule has 0 fully saturated rings. The molecule has 2 aromatic rings. The number of aryl methyl sites for hydroxylation is 1. The standard InChI is InChI=1S/C13H15N3O4/c1-7(10-5-14-16(3)8(10)2)15-12(17)11-4-9(6-20-11)13(18)19/h4-7H,1-3H3,(H,15,17)(H,18,19). The first-order valence-electron chi connectivity index (χ1n) is 6.01. The van der Waals surface area contributed by atoms with Gasteiger partial charge in [0.1, 0.15) is 6.26 Å². The fraction of sp³-hybridized carbons (Fsp3) is 0.308. The number of nitrogens with one attached hydrogen (secondary N) is 1. The molecule has 20 heavy (non-hydrogen) atoms. The molecule has 1 unspecified atom stereocenters. The highest BCUT2D eigenvalue weighted by atomic mass is 16.4. The van der Waals surface area contributed by atoms with Gasteiger partial charge in [-0.15, -0.1) is 0 Å². The lowest BCUT2D eigenvalue weighted by molar-refractivity contribution is 0.0695. The molecule has 0 aromatic carbocycles. The summed E-state index contributed by atoms with van der Waals surface area (Å²) in [5.41, 5.74) is 1.79. The lowest BCUT2D eigenvalue weighted by Gasteiger charge is -2.12. The second-order valence-electron chi connectivity index (χ2n) is 4.51. The van der Waals surface area contributed by atoms with E-state index in [4.69, 9.17) is 9.52 Å². The van der Waals surface area contributed by atoms with Gasteiger partial charge in [-0.2, -0.15) is 5.10 Å². The highest BCUT2D eigenvalue weighted by Crippen LogP contribution is 2.17. The zero-order chi connectivity index (χ0) is 14.9. The van der Waals surface area contributed by atoms with Gasteiger partial charge in [0.25, 0.3) is 5.91 Å². The van der Waals surface area contributed by atoms with Crippen LogP contribution in [0.5, 0.6) is 0 Å². The second-order valence-corrected chi connectivity index (χ2v) is 4.51. The summed E-state index contributed by atoms with van der Waals surface area (Å²) in [5, 5.41) is 15.6. The van der Waals surface area contributed by atoms with E-state index in [1.165, 1.54) is 6.07 Å². The molecule has 0 radical (unpaired) electrons. The molecule has 2 heterocycles. The molecule has 2 rings (SSSR count). The van der Waals surface area contributed by atoms with E-state index in [1.807, 2.05) is 20.9 Å². The van der Waals surface area contributed by atoms with Crippen molar-refractivity contribution in [1.82, 2.24) is 15.1 Å². The van der Waals surface area contributed by atoms with Crippen molar-refractivity contribution in [2.75, 3.05) is 0 Å². The Labute approximate surface area is 115 Å². The van der Waals surface area contributed by atoms with Crippen molar-refractivity contribution >= 4 is 11.9 Å². The van der Waals surface area contributed by atoms with Gasteiger partial charge in [-0.3, -0.25) is 9.48 Å². The zero-order valence-corrected chi connectivity index (χ0v) is 11.4. The molecular weight excluding hydrogens is 262 g/mol. The number of hydrogen-bond donors (Lipinski definition) is 2. The van der Waals surface area contributed by atoms with Crippen LogP contribution in [-0.4, -0.2) is 26.8 Å². The Balaban J connectivity index is 2.10. The Morgan fingerprint density at radius 1 is 1.50 bits per heavy atom. The van der Waals surface area contributed by atoms with Crippen molar-refractivity contribution in [3.63, 3.8) is 0 Å². The minimum Gasteiger partial charge on any atom is -0.478 e. The Morgan fingerprint density at radius 3 is 2.70 bits per heavy atom. The maximum absolute atomic E-state index is 12.0. The lowest BCUT2D eigenvalue weighted by Crippen LogP contribution is -2.26. The third kappa shape index (κ3) is 2.56. The first-order chi connectivity index (χ1) is 9.40. The van der Waals surface area contributed by atoms with E-state index >= 15 is 0 Å². The molecule has 0 saturated heterocycles. The van der Waals surface area contributed by atoms with Crippen LogP contribution in [-0.2, 0) is 7.05 Å². The average Bonchev–Trinajstić information content (AvgIpc) is 2.98. The van der Waals surface area contributed by atoms with Gasteiger partial charge in [-0.1, -0.05) is 0 Å². The van der Waals surface area contributed by atoms with Gasteiger partial charge in [0.15, 0.2) is 5.76 Å². The Hall–Kier alpha value is -2.57. The summed E-state index contributed by atoms with van der Waals surface area (Å²) >= 11 is 0.